The molecule has 20 heavy (non-hydrogen) atoms. The van der Waals surface area contributed by atoms with Crippen molar-refractivity contribution in [3.05, 3.63) is 18.3 Å². The number of nitrogens with one attached hydrogen (secondary N) is 1. The first kappa shape index (κ1) is 14.4. The number of rotatable bonds is 2. The molecule has 2 heterocycles. The van der Waals surface area contributed by atoms with Crippen molar-refractivity contribution in [3.8, 4) is 0 Å². The molecule has 3 N–H and O–H groups in total. The monoisotopic (exact) mass is 278 g/mol. The Morgan fingerprint density at radius 1 is 1.50 bits per heavy atom. The summed E-state index contributed by atoms with van der Waals surface area (Å²) in [5.41, 5.74) is 6.13. The molecule has 6 nitrogen and oxygen atoms in total. The number of carbonyl (C=O) groups excluding carboxylic acids is 1. The maximum Gasteiger partial charge on any atom is 0.407 e. The first-order valence-electron chi connectivity index (χ1n) is 6.79. The molecule has 0 aliphatic carbocycles. The molecule has 1 aliphatic heterocycles. The average Bonchev–Trinajstić information content (AvgIpc) is 2.75. The predicted molar refractivity (Wildman–Crippen MR) is 78.6 cm³/mol. The Balaban J connectivity index is 1.86. The van der Waals surface area contributed by atoms with E-state index in [4.69, 9.17) is 10.5 Å². The zero-order valence-corrected chi connectivity index (χ0v) is 12.2. The standard InChI is InChI=1S/C14H22N4O2/c1-14(2,3)20-13(19)17-10-6-7-18(9-10)11-4-5-12(15)16-8-11/h4-5,8,10H,6-7,9H2,1-3H3,(H2,15,16)(H,17,19). The molecule has 1 fully saturated rings. The SMILES string of the molecule is CC(C)(C)OC(=O)NC1CCN(c2ccc(N)nc2)C1. The molecule has 110 valence electrons. The summed E-state index contributed by atoms with van der Waals surface area (Å²) >= 11 is 0. The molecule has 1 atom stereocenters. The van der Waals surface area contributed by atoms with Gasteiger partial charge in [0.05, 0.1) is 17.9 Å². The summed E-state index contributed by atoms with van der Waals surface area (Å²) in [7, 11) is 0. The number of nitrogens with two attached hydrogens (primary N) is 1. The van der Waals surface area contributed by atoms with Crippen LogP contribution in [0.5, 0.6) is 0 Å². The van der Waals surface area contributed by atoms with Gasteiger partial charge in [0.15, 0.2) is 0 Å². The number of anilines is 2. The van der Waals surface area contributed by atoms with E-state index in [1.807, 2.05) is 26.8 Å². The highest BCUT2D eigenvalue weighted by molar-refractivity contribution is 5.68. The number of nitrogens with zero attached hydrogens (tertiary/aromatic N) is 2. The smallest absolute Gasteiger partial charge is 0.407 e. The Bertz CT molecular complexity index is 467. The lowest BCUT2D eigenvalue weighted by Crippen LogP contribution is -2.40. The molecule has 0 bridgehead atoms. The molecule has 1 saturated heterocycles. The van der Waals surface area contributed by atoms with Crippen LogP contribution in [-0.4, -0.2) is 35.8 Å². The number of hydrogen-bond donors (Lipinski definition) is 2. The minimum Gasteiger partial charge on any atom is -0.444 e. The molecule has 0 aromatic carbocycles. The largest absolute Gasteiger partial charge is 0.444 e. The van der Waals surface area contributed by atoms with Crippen molar-refractivity contribution < 1.29 is 9.53 Å². The van der Waals surface area contributed by atoms with E-state index in [9.17, 15) is 4.79 Å². The number of hydrogen-bond acceptors (Lipinski definition) is 5. The van der Waals surface area contributed by atoms with Crippen molar-refractivity contribution in [1.29, 1.82) is 0 Å². The van der Waals surface area contributed by atoms with Crippen LogP contribution in [-0.2, 0) is 4.74 Å². The van der Waals surface area contributed by atoms with Crippen LogP contribution >= 0.6 is 0 Å². The summed E-state index contributed by atoms with van der Waals surface area (Å²) in [6.07, 6.45) is 2.29. The second-order valence-corrected chi connectivity index (χ2v) is 6.02. The van der Waals surface area contributed by atoms with Gasteiger partial charge in [0.2, 0.25) is 0 Å². The van der Waals surface area contributed by atoms with Crippen molar-refractivity contribution in [2.75, 3.05) is 23.7 Å². The highest BCUT2D eigenvalue weighted by Crippen LogP contribution is 2.20. The van der Waals surface area contributed by atoms with Crippen molar-refractivity contribution in [3.63, 3.8) is 0 Å². The third-order valence-corrected chi connectivity index (χ3v) is 3.05. The van der Waals surface area contributed by atoms with Crippen LogP contribution in [0, 0.1) is 0 Å². The number of amides is 1. The molecular formula is C14H22N4O2. The Morgan fingerprint density at radius 3 is 2.85 bits per heavy atom. The fourth-order valence-electron chi connectivity index (χ4n) is 2.17. The highest BCUT2D eigenvalue weighted by atomic mass is 16.6. The number of nitrogen functional groups attached to an aromatic ring is 1. The van der Waals surface area contributed by atoms with Crippen LogP contribution in [0.3, 0.4) is 0 Å². The van der Waals surface area contributed by atoms with Crippen molar-refractivity contribution in [2.45, 2.75) is 38.8 Å². The third-order valence-electron chi connectivity index (χ3n) is 3.05. The molecule has 1 unspecified atom stereocenters. The Hall–Kier alpha value is -1.98. The minimum absolute atomic E-state index is 0.0994. The second-order valence-electron chi connectivity index (χ2n) is 6.02. The van der Waals surface area contributed by atoms with Crippen LogP contribution in [0.15, 0.2) is 18.3 Å². The van der Waals surface area contributed by atoms with Gasteiger partial charge in [-0.3, -0.25) is 0 Å². The predicted octanol–water partition coefficient (Wildman–Crippen LogP) is 1.77. The second kappa shape index (κ2) is 5.56. The first-order valence-corrected chi connectivity index (χ1v) is 6.79. The van der Waals surface area contributed by atoms with Crippen LogP contribution in [0.2, 0.25) is 0 Å². The van der Waals surface area contributed by atoms with Gasteiger partial charge in [-0.25, -0.2) is 9.78 Å². The highest BCUT2D eigenvalue weighted by Gasteiger charge is 2.26. The Morgan fingerprint density at radius 2 is 2.25 bits per heavy atom. The summed E-state index contributed by atoms with van der Waals surface area (Å²) in [5, 5.41) is 2.90. The van der Waals surface area contributed by atoms with E-state index in [0.717, 1.165) is 25.2 Å². The van der Waals surface area contributed by atoms with Crippen LogP contribution < -0.4 is 16.0 Å². The van der Waals surface area contributed by atoms with E-state index in [1.54, 1.807) is 12.3 Å². The first-order chi connectivity index (χ1) is 9.33. The average molecular weight is 278 g/mol. The van der Waals surface area contributed by atoms with Gasteiger partial charge in [0.25, 0.3) is 0 Å². The van der Waals surface area contributed by atoms with Crippen LogP contribution in [0.1, 0.15) is 27.2 Å². The summed E-state index contributed by atoms with van der Waals surface area (Å²) in [6.45, 7) is 7.20. The fraction of sp³-hybridized carbons (Fsp3) is 0.571. The molecule has 1 amide bonds. The van der Waals surface area contributed by atoms with Gasteiger partial charge in [0, 0.05) is 13.1 Å². The van der Waals surface area contributed by atoms with Gasteiger partial charge in [-0.15, -0.1) is 0 Å². The normalized spacial score (nSPS) is 18.9. The lowest BCUT2D eigenvalue weighted by Gasteiger charge is -2.22. The minimum atomic E-state index is -0.469. The maximum absolute atomic E-state index is 11.7. The number of aromatic nitrogens is 1. The summed E-state index contributed by atoms with van der Waals surface area (Å²) in [4.78, 5) is 18.0. The van der Waals surface area contributed by atoms with E-state index in [2.05, 4.69) is 15.2 Å². The van der Waals surface area contributed by atoms with Crippen molar-refractivity contribution >= 4 is 17.6 Å². The Labute approximate surface area is 119 Å². The molecule has 1 aromatic heterocycles. The summed E-state index contributed by atoms with van der Waals surface area (Å²) in [6, 6.07) is 3.82. The molecule has 1 aliphatic rings. The maximum atomic E-state index is 11.7. The van der Waals surface area contributed by atoms with Gasteiger partial charge in [-0.1, -0.05) is 0 Å². The topological polar surface area (TPSA) is 80.5 Å². The quantitative estimate of drug-likeness (QED) is 0.861. The van der Waals surface area contributed by atoms with E-state index in [1.165, 1.54) is 0 Å². The van der Waals surface area contributed by atoms with Gasteiger partial charge >= 0.3 is 6.09 Å². The van der Waals surface area contributed by atoms with Crippen LogP contribution in [0.4, 0.5) is 16.3 Å². The summed E-state index contributed by atoms with van der Waals surface area (Å²) < 4.78 is 5.26. The molecule has 0 spiro atoms. The lowest BCUT2D eigenvalue weighted by molar-refractivity contribution is 0.0509. The van der Waals surface area contributed by atoms with E-state index >= 15 is 0 Å². The number of carbonyl (C=O) groups is 1. The van der Waals surface area contributed by atoms with Gasteiger partial charge in [-0.05, 0) is 39.3 Å². The van der Waals surface area contributed by atoms with Gasteiger partial charge in [0.1, 0.15) is 11.4 Å². The van der Waals surface area contributed by atoms with Crippen molar-refractivity contribution in [1.82, 2.24) is 10.3 Å². The molecule has 6 heteroatoms. The summed E-state index contributed by atoms with van der Waals surface area (Å²) in [5.74, 6) is 0.511. The fourth-order valence-corrected chi connectivity index (χ4v) is 2.17. The number of ether oxygens (including phenoxy) is 1. The zero-order valence-electron chi connectivity index (χ0n) is 12.2. The lowest BCUT2D eigenvalue weighted by atomic mass is 10.2. The third kappa shape index (κ3) is 4.01. The molecule has 2 rings (SSSR count). The van der Waals surface area contributed by atoms with E-state index in [-0.39, 0.29) is 12.1 Å². The van der Waals surface area contributed by atoms with Crippen LogP contribution in [0.25, 0.3) is 0 Å². The molecule has 1 aromatic rings. The molecule has 0 saturated carbocycles. The Kier molecular flexibility index (Phi) is 4.01. The molecule has 0 radical (unpaired) electrons. The molecular weight excluding hydrogens is 256 g/mol. The number of pyridine rings is 1. The van der Waals surface area contributed by atoms with Crippen molar-refractivity contribution in [2.24, 2.45) is 0 Å². The van der Waals surface area contributed by atoms with E-state index < -0.39 is 5.60 Å². The van der Waals surface area contributed by atoms with Gasteiger partial charge in [-0.2, -0.15) is 0 Å². The zero-order chi connectivity index (χ0) is 14.8. The number of alkyl carbamates (subject to hydrolysis) is 1. The van der Waals surface area contributed by atoms with Gasteiger partial charge < -0.3 is 20.7 Å². The van der Waals surface area contributed by atoms with E-state index in [0.29, 0.717) is 5.82 Å².